The number of imide groups is 1. The van der Waals surface area contributed by atoms with Crippen LogP contribution in [0.15, 0.2) is 18.2 Å². The Morgan fingerprint density at radius 1 is 1.29 bits per heavy atom. The molecule has 3 aliphatic rings. The van der Waals surface area contributed by atoms with E-state index in [4.69, 9.17) is 5.73 Å². The van der Waals surface area contributed by atoms with Gasteiger partial charge in [-0.25, -0.2) is 4.79 Å². The number of carbonyl (C=O) groups excluding carboxylic acids is 2. The fraction of sp³-hybridized carbons (Fsp3) is 0.667. The zero-order valence-corrected chi connectivity index (χ0v) is 18.6. The smallest absolute Gasteiger partial charge is 0.321 e. The molecule has 3 amide bonds. The van der Waals surface area contributed by atoms with Crippen LogP contribution >= 0.6 is 0 Å². The normalized spacial score (nSPS) is 30.0. The molecule has 1 aromatic rings. The van der Waals surface area contributed by atoms with Crippen LogP contribution in [0.25, 0.3) is 0 Å². The molecule has 31 heavy (non-hydrogen) atoms. The van der Waals surface area contributed by atoms with Crippen LogP contribution in [-0.2, 0) is 16.6 Å². The molecule has 0 radical (unpaired) electrons. The van der Waals surface area contributed by atoms with Crippen molar-refractivity contribution in [2.24, 2.45) is 11.7 Å². The van der Waals surface area contributed by atoms with Gasteiger partial charge in [0.2, 0.25) is 5.91 Å². The van der Waals surface area contributed by atoms with Crippen LogP contribution in [0.5, 0.6) is 5.75 Å². The minimum Gasteiger partial charge on any atom is -0.508 e. The summed E-state index contributed by atoms with van der Waals surface area (Å²) in [5.41, 5.74) is 5.40. The lowest BCUT2D eigenvalue weighted by molar-refractivity contribution is -0.163. The Bertz CT molecular complexity index is 870. The predicted molar refractivity (Wildman–Crippen MR) is 118 cm³/mol. The third kappa shape index (κ3) is 3.61. The van der Waals surface area contributed by atoms with Gasteiger partial charge >= 0.3 is 6.03 Å². The molecular formula is C24H35N3O4. The fourth-order valence-electron chi connectivity index (χ4n) is 6.17. The summed E-state index contributed by atoms with van der Waals surface area (Å²) < 4.78 is 0. The first kappa shape index (κ1) is 22.1. The highest BCUT2D eigenvalue weighted by atomic mass is 16.3. The Kier molecular flexibility index (Phi) is 5.77. The molecule has 2 aliphatic carbocycles. The number of piperidine rings is 1. The van der Waals surface area contributed by atoms with Crippen LogP contribution in [0, 0.1) is 5.92 Å². The second-order valence-electron chi connectivity index (χ2n) is 9.66. The third-order valence-corrected chi connectivity index (χ3v) is 7.83. The molecule has 170 valence electrons. The van der Waals surface area contributed by atoms with Gasteiger partial charge in [-0.3, -0.25) is 14.6 Å². The number of likely N-dealkylation sites (tertiary alicyclic amines) is 1. The van der Waals surface area contributed by atoms with Gasteiger partial charge in [-0.05, 0) is 74.8 Å². The van der Waals surface area contributed by atoms with E-state index in [0.717, 1.165) is 35.5 Å². The Labute approximate surface area is 184 Å². The first-order valence-electron chi connectivity index (χ1n) is 11.6. The molecule has 1 heterocycles. The Balaban J connectivity index is 1.82. The molecule has 0 spiro atoms. The van der Waals surface area contributed by atoms with Gasteiger partial charge in [0.25, 0.3) is 0 Å². The Hall–Kier alpha value is -2.12. The molecule has 4 N–H and O–H groups in total. The van der Waals surface area contributed by atoms with Crippen LogP contribution in [-0.4, -0.2) is 63.2 Å². The number of aliphatic hydroxyl groups is 1. The summed E-state index contributed by atoms with van der Waals surface area (Å²) in [5, 5.41) is 22.7. The van der Waals surface area contributed by atoms with Crippen molar-refractivity contribution in [3.63, 3.8) is 0 Å². The van der Waals surface area contributed by atoms with Crippen molar-refractivity contribution in [2.75, 3.05) is 19.6 Å². The highest BCUT2D eigenvalue weighted by Crippen LogP contribution is 2.56. The molecule has 1 saturated carbocycles. The largest absolute Gasteiger partial charge is 0.508 e. The van der Waals surface area contributed by atoms with Crippen molar-refractivity contribution < 1.29 is 19.8 Å². The molecular weight excluding hydrogens is 394 g/mol. The van der Waals surface area contributed by atoms with Crippen LogP contribution in [0.4, 0.5) is 4.79 Å². The number of nitrogens with two attached hydrogens (primary N) is 1. The second-order valence-corrected chi connectivity index (χ2v) is 9.66. The summed E-state index contributed by atoms with van der Waals surface area (Å²) in [6.45, 7) is 5.74. The number of fused-ring (bicyclic) bond motifs is 4. The number of hydrogen-bond donors (Lipinski definition) is 3. The second kappa shape index (κ2) is 8.10. The summed E-state index contributed by atoms with van der Waals surface area (Å²) in [6.07, 6.45) is 5.13. The van der Waals surface area contributed by atoms with E-state index in [-0.39, 0.29) is 30.7 Å². The number of phenolic OH excluding ortho intramolecular Hbond substituents is 1. The lowest BCUT2D eigenvalue weighted by Crippen LogP contribution is -2.72. The van der Waals surface area contributed by atoms with Gasteiger partial charge in [-0.15, -0.1) is 0 Å². The third-order valence-electron chi connectivity index (χ3n) is 7.83. The molecule has 0 aromatic heterocycles. The van der Waals surface area contributed by atoms with E-state index in [0.29, 0.717) is 25.2 Å². The van der Waals surface area contributed by atoms with Crippen molar-refractivity contribution in [3.8, 4) is 5.75 Å². The first-order valence-corrected chi connectivity index (χ1v) is 11.6. The number of nitrogens with zero attached hydrogens (tertiary/aromatic N) is 2. The van der Waals surface area contributed by atoms with Gasteiger partial charge in [-0.2, -0.15) is 0 Å². The van der Waals surface area contributed by atoms with Gasteiger partial charge in [0.1, 0.15) is 5.75 Å². The summed E-state index contributed by atoms with van der Waals surface area (Å²) in [7, 11) is 0. The highest BCUT2D eigenvalue weighted by Gasteiger charge is 2.63. The summed E-state index contributed by atoms with van der Waals surface area (Å²) in [6, 6.07) is 4.47. The van der Waals surface area contributed by atoms with Gasteiger partial charge in [-0.1, -0.05) is 19.4 Å². The van der Waals surface area contributed by atoms with E-state index < -0.39 is 17.0 Å². The van der Waals surface area contributed by atoms with Crippen LogP contribution in [0.1, 0.15) is 63.5 Å². The molecule has 2 fully saturated rings. The topological polar surface area (TPSA) is 107 Å². The number of phenols is 1. The predicted octanol–water partition coefficient (Wildman–Crippen LogP) is 2.52. The molecule has 1 aromatic carbocycles. The van der Waals surface area contributed by atoms with Gasteiger partial charge < -0.3 is 15.9 Å². The molecule has 3 atom stereocenters. The van der Waals surface area contributed by atoms with Crippen LogP contribution in [0.2, 0.25) is 0 Å². The molecule has 1 saturated heterocycles. The number of amides is 3. The lowest BCUT2D eigenvalue weighted by atomic mass is 9.52. The van der Waals surface area contributed by atoms with Crippen LogP contribution < -0.4 is 5.73 Å². The first-order chi connectivity index (χ1) is 14.8. The zero-order valence-electron chi connectivity index (χ0n) is 18.6. The van der Waals surface area contributed by atoms with E-state index in [1.54, 1.807) is 19.1 Å². The highest BCUT2D eigenvalue weighted by molar-refractivity contribution is 5.94. The fourth-order valence-corrected chi connectivity index (χ4v) is 6.17. The molecule has 7 nitrogen and oxygen atoms in total. The quantitative estimate of drug-likeness (QED) is 0.617. The van der Waals surface area contributed by atoms with Crippen molar-refractivity contribution >= 4 is 11.9 Å². The van der Waals surface area contributed by atoms with Crippen molar-refractivity contribution in [2.45, 2.75) is 75.9 Å². The number of aromatic hydroxyl groups is 1. The molecule has 4 rings (SSSR count). The maximum atomic E-state index is 13.3. The van der Waals surface area contributed by atoms with E-state index in [1.807, 2.05) is 13.0 Å². The molecule has 7 heteroatoms. The minimum atomic E-state index is -1.12. The number of rotatable bonds is 7. The number of hydrogen-bond acceptors (Lipinski definition) is 5. The minimum absolute atomic E-state index is 0.00447. The SMILES string of the molecule is CCCC1(O)C2Cc3ccc(O)cc3[C@]1(CC(=O)N(CC)C(N)=O)CCN2CC1CC1. The number of urea groups is 1. The zero-order chi connectivity index (χ0) is 22.4. The van der Waals surface area contributed by atoms with Crippen molar-refractivity contribution in [1.82, 2.24) is 9.80 Å². The van der Waals surface area contributed by atoms with E-state index in [2.05, 4.69) is 4.90 Å². The van der Waals surface area contributed by atoms with E-state index in [1.165, 1.54) is 12.8 Å². The maximum absolute atomic E-state index is 13.3. The lowest BCUT2D eigenvalue weighted by Gasteiger charge is -2.62. The standard InChI is InChI=1S/C24H35N3O4/c1-3-9-24(31)20-12-17-7-8-18(28)13-19(17)23(24,10-11-26(20)15-16-5-6-16)14-21(29)27(4-2)22(25)30/h7-8,13,16,20,28,31H,3-6,9-12,14-15H2,1-2H3,(H2,25,30)/t20?,23-,24?/m1/s1. The van der Waals surface area contributed by atoms with Crippen LogP contribution in [0.3, 0.4) is 0 Å². The van der Waals surface area contributed by atoms with Crippen molar-refractivity contribution in [1.29, 1.82) is 0 Å². The summed E-state index contributed by atoms with van der Waals surface area (Å²) in [5.74, 6) is 0.465. The summed E-state index contributed by atoms with van der Waals surface area (Å²) >= 11 is 0. The Morgan fingerprint density at radius 2 is 2.03 bits per heavy atom. The number of benzene rings is 1. The van der Waals surface area contributed by atoms with E-state index >= 15 is 0 Å². The number of carbonyl (C=O) groups is 2. The van der Waals surface area contributed by atoms with Gasteiger partial charge in [0, 0.05) is 31.0 Å². The van der Waals surface area contributed by atoms with Gasteiger partial charge in [0.05, 0.1) is 5.60 Å². The summed E-state index contributed by atoms with van der Waals surface area (Å²) in [4.78, 5) is 28.6. The van der Waals surface area contributed by atoms with Gasteiger partial charge in [0.15, 0.2) is 0 Å². The molecule has 2 unspecified atom stereocenters. The average molecular weight is 430 g/mol. The number of primary amides is 1. The average Bonchev–Trinajstić information content (AvgIpc) is 3.51. The van der Waals surface area contributed by atoms with E-state index in [9.17, 15) is 19.8 Å². The van der Waals surface area contributed by atoms with Crippen molar-refractivity contribution in [3.05, 3.63) is 29.3 Å². The molecule has 1 aliphatic heterocycles. The Morgan fingerprint density at radius 3 is 2.65 bits per heavy atom. The maximum Gasteiger partial charge on any atom is 0.321 e. The monoisotopic (exact) mass is 429 g/mol. The molecule has 2 bridgehead atoms.